The second-order valence-corrected chi connectivity index (χ2v) is 20.3. The number of aryl methyl sites for hydroxylation is 2. The number of amides is 2. The molecule has 362 valence electrons. The molecular weight excluding hydrogens is 900 g/mol. The highest BCUT2D eigenvalue weighted by Crippen LogP contribution is 2.45. The van der Waals surface area contributed by atoms with E-state index in [0.29, 0.717) is 64.6 Å². The van der Waals surface area contributed by atoms with Crippen LogP contribution < -0.4 is 19.9 Å². The van der Waals surface area contributed by atoms with E-state index < -0.39 is 6.43 Å². The van der Waals surface area contributed by atoms with Gasteiger partial charge in [-0.1, -0.05) is 11.6 Å². The summed E-state index contributed by atoms with van der Waals surface area (Å²) in [5.74, 6) is 3.35. The zero-order chi connectivity index (χ0) is 47.8. The van der Waals surface area contributed by atoms with Crippen molar-refractivity contribution >= 4 is 40.7 Å². The quantitative estimate of drug-likeness (QED) is 0.136. The molecule has 3 aromatic heterocycles. The minimum atomic E-state index is -2.65. The molecule has 2 aliphatic carbocycles. The molecule has 5 aromatic rings. The van der Waals surface area contributed by atoms with Gasteiger partial charge >= 0.3 is 0 Å². The van der Waals surface area contributed by atoms with Crippen LogP contribution in [-0.2, 0) is 31.2 Å². The van der Waals surface area contributed by atoms with E-state index in [9.17, 15) is 18.4 Å². The first-order valence-electron chi connectivity index (χ1n) is 24.8. The van der Waals surface area contributed by atoms with Crippen LogP contribution in [0.15, 0.2) is 54.9 Å². The van der Waals surface area contributed by atoms with Crippen LogP contribution in [0.25, 0.3) is 11.1 Å². The Hall–Kier alpha value is -6.08. The van der Waals surface area contributed by atoms with Crippen molar-refractivity contribution in [3.05, 3.63) is 93.5 Å². The zero-order valence-corrected chi connectivity index (χ0v) is 40.2. The number of hydrogen-bond acceptors (Lipinski definition) is 10. The maximum Gasteiger partial charge on any atom is 0.272 e. The van der Waals surface area contributed by atoms with E-state index in [0.717, 1.165) is 125 Å². The number of fused-ring (bicyclic) bond motifs is 2. The highest BCUT2D eigenvalue weighted by Gasteiger charge is 2.36. The topological polar surface area (TPSA) is 150 Å². The molecule has 0 unspecified atom stereocenters. The highest BCUT2D eigenvalue weighted by molar-refractivity contribution is 6.31. The molecule has 3 fully saturated rings. The van der Waals surface area contributed by atoms with Crippen molar-refractivity contribution < 1.29 is 23.1 Å². The van der Waals surface area contributed by atoms with Gasteiger partial charge in [0.1, 0.15) is 11.8 Å². The number of carbonyl (C=O) groups excluding carboxylic acids is 2. The standard InChI is InChI=1S/C52H60ClF2N11O3/c1-32(67)64-23-19-47-44(31-64)51(65-20-3-4-35-25-42(37-29-57-62(2)30-37)43(50(54)55)27-48(35)65)61-66(47)39-10-5-33(6-11-39)24-34-17-21-63(22-18-34)49-16-15-46(59-60-49)52(68)58-38-8-13-40(14-9-38)69-41-12-7-36(28-56)45(53)26-41/h7,12,15-16,25-27,29-30,33-34,38-40,50H,3-6,8-11,13-14,17-24,31H2,1-2H3,(H,58,68). The Morgan fingerprint density at radius 2 is 1.71 bits per heavy atom. The van der Waals surface area contributed by atoms with E-state index in [4.69, 9.17) is 26.7 Å². The fourth-order valence-electron chi connectivity index (χ4n) is 11.6. The number of nitrogens with one attached hydrogen (secondary N) is 1. The Bertz CT molecular complexity index is 2710. The minimum Gasteiger partial charge on any atom is -0.490 e. The number of halogens is 3. The summed E-state index contributed by atoms with van der Waals surface area (Å²) in [5, 5.41) is 31.1. The van der Waals surface area contributed by atoms with Gasteiger partial charge in [-0.2, -0.15) is 15.5 Å². The maximum absolute atomic E-state index is 14.8. The predicted molar refractivity (Wildman–Crippen MR) is 259 cm³/mol. The molecule has 0 radical (unpaired) electrons. The van der Waals surface area contributed by atoms with E-state index in [2.05, 4.69) is 41.2 Å². The number of benzene rings is 2. The molecule has 14 nitrogen and oxygen atoms in total. The van der Waals surface area contributed by atoms with Gasteiger partial charge in [0, 0.05) is 92.9 Å². The van der Waals surface area contributed by atoms with Crippen LogP contribution in [0.3, 0.4) is 0 Å². The molecule has 0 spiro atoms. The number of ether oxygens (including phenoxy) is 1. The number of nitriles is 1. The van der Waals surface area contributed by atoms with Gasteiger partial charge in [-0.3, -0.25) is 19.0 Å². The number of aromatic nitrogens is 6. The molecule has 5 aliphatic rings. The van der Waals surface area contributed by atoms with Gasteiger partial charge in [0.05, 0.1) is 35.5 Å². The number of anilines is 3. The van der Waals surface area contributed by atoms with E-state index in [-0.39, 0.29) is 35.6 Å². The van der Waals surface area contributed by atoms with E-state index in [1.54, 1.807) is 61.4 Å². The molecule has 2 amide bonds. The SMILES string of the molecule is CC(=O)N1CCc2c(c(N3CCCc4cc(-c5cnn(C)c5)c(C(F)F)cc43)nn2C2CCC(CC3CCN(c4ccc(C(=O)NC5CCC(Oc6ccc(C#N)c(Cl)c6)CC5)nn4)CC3)CC2)C1. The van der Waals surface area contributed by atoms with Crippen LogP contribution in [0.2, 0.25) is 5.02 Å². The van der Waals surface area contributed by atoms with Gasteiger partial charge in [0.25, 0.3) is 12.3 Å². The van der Waals surface area contributed by atoms with Gasteiger partial charge in [-0.15, -0.1) is 10.2 Å². The fourth-order valence-corrected chi connectivity index (χ4v) is 11.8. The van der Waals surface area contributed by atoms with Crippen LogP contribution in [0.1, 0.15) is 135 Å². The lowest BCUT2D eigenvalue weighted by Gasteiger charge is -2.36. The van der Waals surface area contributed by atoms with Crippen LogP contribution >= 0.6 is 11.6 Å². The van der Waals surface area contributed by atoms with Crippen molar-refractivity contribution in [3.63, 3.8) is 0 Å². The lowest BCUT2D eigenvalue weighted by molar-refractivity contribution is -0.129. The molecule has 1 N–H and O–H groups in total. The van der Waals surface area contributed by atoms with Gasteiger partial charge in [-0.25, -0.2) is 8.78 Å². The average Bonchev–Trinajstić information content (AvgIpc) is 3.98. The van der Waals surface area contributed by atoms with Crippen molar-refractivity contribution in [3.8, 4) is 22.9 Å². The summed E-state index contributed by atoms with van der Waals surface area (Å²) in [6.07, 6.45) is 14.1. The number of nitrogens with zero attached hydrogens (tertiary/aromatic N) is 10. The smallest absolute Gasteiger partial charge is 0.272 e. The normalized spacial score (nSPS) is 22.0. The number of alkyl halides is 2. The summed E-state index contributed by atoms with van der Waals surface area (Å²) in [7, 11) is 1.79. The van der Waals surface area contributed by atoms with Crippen molar-refractivity contribution in [2.75, 3.05) is 36.0 Å². The second kappa shape index (κ2) is 20.1. The highest BCUT2D eigenvalue weighted by atomic mass is 35.5. The molecular formula is C52H60ClF2N11O3. The number of carbonyl (C=O) groups is 2. The third kappa shape index (κ3) is 10.0. The predicted octanol–water partition coefficient (Wildman–Crippen LogP) is 9.68. The Kier molecular flexibility index (Phi) is 13.6. The van der Waals surface area contributed by atoms with Crippen LogP contribution in [0.5, 0.6) is 5.75 Å². The van der Waals surface area contributed by atoms with Gasteiger partial charge < -0.3 is 24.8 Å². The summed E-state index contributed by atoms with van der Waals surface area (Å²) >= 11 is 6.18. The van der Waals surface area contributed by atoms with Crippen LogP contribution in [0, 0.1) is 23.2 Å². The van der Waals surface area contributed by atoms with E-state index >= 15 is 0 Å². The Morgan fingerprint density at radius 3 is 2.39 bits per heavy atom. The third-order valence-electron chi connectivity index (χ3n) is 15.4. The molecule has 0 atom stereocenters. The molecule has 2 saturated carbocycles. The third-order valence-corrected chi connectivity index (χ3v) is 15.7. The molecule has 2 aromatic carbocycles. The monoisotopic (exact) mass is 959 g/mol. The summed E-state index contributed by atoms with van der Waals surface area (Å²) in [6, 6.07) is 14.7. The van der Waals surface area contributed by atoms with Crippen molar-refractivity contribution in [2.24, 2.45) is 18.9 Å². The number of piperidine rings is 1. The van der Waals surface area contributed by atoms with Crippen LogP contribution in [0.4, 0.5) is 26.1 Å². The van der Waals surface area contributed by atoms with Gasteiger partial charge in [0.15, 0.2) is 17.3 Å². The molecule has 6 heterocycles. The van der Waals surface area contributed by atoms with Crippen LogP contribution in [-0.4, -0.2) is 84.8 Å². The first-order chi connectivity index (χ1) is 33.5. The summed E-state index contributed by atoms with van der Waals surface area (Å²) < 4.78 is 39.5. The molecule has 69 heavy (non-hydrogen) atoms. The second-order valence-electron chi connectivity index (χ2n) is 19.8. The van der Waals surface area contributed by atoms with Crippen molar-refractivity contribution in [1.82, 2.24) is 40.0 Å². The number of rotatable bonds is 11. The number of hydrogen-bond donors (Lipinski definition) is 1. The summed E-state index contributed by atoms with van der Waals surface area (Å²) in [5.41, 5.74) is 5.96. The molecule has 17 heteroatoms. The molecule has 3 aliphatic heterocycles. The average molecular weight is 961 g/mol. The molecule has 0 bridgehead atoms. The lowest BCUT2D eigenvalue weighted by Crippen LogP contribution is -2.40. The Balaban J connectivity index is 0.724. The van der Waals surface area contributed by atoms with Crippen molar-refractivity contribution in [1.29, 1.82) is 5.26 Å². The van der Waals surface area contributed by atoms with E-state index in [1.165, 1.54) is 12.1 Å². The fraction of sp³-hybridized carbons (Fsp3) is 0.519. The molecule has 10 rings (SSSR count). The zero-order valence-electron chi connectivity index (χ0n) is 39.4. The van der Waals surface area contributed by atoms with Gasteiger partial charge in [0.2, 0.25) is 5.91 Å². The largest absolute Gasteiger partial charge is 0.490 e. The Morgan fingerprint density at radius 1 is 0.928 bits per heavy atom. The Labute approximate surface area is 406 Å². The molecule has 1 saturated heterocycles. The first kappa shape index (κ1) is 46.6. The van der Waals surface area contributed by atoms with E-state index in [1.807, 2.05) is 17.0 Å². The lowest BCUT2D eigenvalue weighted by atomic mass is 9.78. The van der Waals surface area contributed by atoms with Crippen molar-refractivity contribution in [2.45, 2.75) is 128 Å². The first-order valence-corrected chi connectivity index (χ1v) is 25.2. The minimum absolute atomic E-state index is 0.00675. The summed E-state index contributed by atoms with van der Waals surface area (Å²) in [6.45, 7) is 5.21. The summed E-state index contributed by atoms with van der Waals surface area (Å²) in [4.78, 5) is 32.2. The van der Waals surface area contributed by atoms with Gasteiger partial charge in [-0.05, 0) is 143 Å². The maximum atomic E-state index is 14.8.